The van der Waals surface area contributed by atoms with Crippen LogP contribution in [0.3, 0.4) is 0 Å². The minimum absolute atomic E-state index is 0.503. The van der Waals surface area contributed by atoms with E-state index >= 15 is 0 Å². The van der Waals surface area contributed by atoms with E-state index in [9.17, 15) is 0 Å². The molecule has 0 aliphatic heterocycles. The number of nitrogens with one attached hydrogen (secondary N) is 1. The standard InChI is InChI=1S/C15H11N3OS/c1-9-7-10-3-2-4-12(14(10)19-9)13-8-11-5-6-16-18(11)15(20)17-13/h2-8,16H,1H3. The van der Waals surface area contributed by atoms with E-state index in [1.165, 1.54) is 0 Å². The maximum atomic E-state index is 5.80. The molecular formula is C15H11N3OS. The van der Waals surface area contributed by atoms with Gasteiger partial charge >= 0.3 is 0 Å². The topological polar surface area (TPSA) is 46.2 Å². The Balaban J connectivity index is 2.07. The molecule has 0 radical (unpaired) electrons. The minimum atomic E-state index is 0.503. The highest BCUT2D eigenvalue weighted by molar-refractivity contribution is 7.71. The molecule has 0 aliphatic rings. The molecule has 1 N–H and O–H groups in total. The van der Waals surface area contributed by atoms with Crippen molar-refractivity contribution in [2.24, 2.45) is 0 Å². The fourth-order valence-corrected chi connectivity index (χ4v) is 2.74. The lowest BCUT2D eigenvalue weighted by Crippen LogP contribution is -1.94. The lowest BCUT2D eigenvalue weighted by atomic mass is 10.1. The molecule has 0 spiro atoms. The predicted octanol–water partition coefficient (Wildman–Crippen LogP) is 4.11. The Bertz CT molecular complexity index is 993. The molecule has 3 aromatic heterocycles. The Labute approximate surface area is 119 Å². The molecule has 0 saturated heterocycles. The van der Waals surface area contributed by atoms with Crippen LogP contribution in [0.15, 0.2) is 47.0 Å². The Morgan fingerprint density at radius 2 is 2.15 bits per heavy atom. The van der Waals surface area contributed by atoms with Gasteiger partial charge in [0.25, 0.3) is 0 Å². The van der Waals surface area contributed by atoms with E-state index in [0.29, 0.717) is 4.77 Å². The van der Waals surface area contributed by atoms with Crippen molar-refractivity contribution in [3.05, 3.63) is 53.1 Å². The van der Waals surface area contributed by atoms with Crippen LogP contribution in [0.2, 0.25) is 0 Å². The quantitative estimate of drug-likeness (QED) is 0.534. The van der Waals surface area contributed by atoms with Crippen LogP contribution in [-0.4, -0.2) is 14.6 Å². The van der Waals surface area contributed by atoms with Gasteiger partial charge in [-0.15, -0.1) is 0 Å². The molecule has 1 aromatic carbocycles. The first-order valence-electron chi connectivity index (χ1n) is 6.29. The number of aryl methyl sites for hydroxylation is 1. The third kappa shape index (κ3) is 1.60. The van der Waals surface area contributed by atoms with Gasteiger partial charge in [-0.3, -0.25) is 5.10 Å². The van der Waals surface area contributed by atoms with Crippen LogP contribution in [0, 0.1) is 11.7 Å². The molecule has 0 bridgehead atoms. The summed E-state index contributed by atoms with van der Waals surface area (Å²) in [6, 6.07) is 12.0. The predicted molar refractivity (Wildman–Crippen MR) is 80.3 cm³/mol. The van der Waals surface area contributed by atoms with E-state index in [2.05, 4.69) is 10.1 Å². The Morgan fingerprint density at radius 1 is 1.25 bits per heavy atom. The van der Waals surface area contributed by atoms with Crippen molar-refractivity contribution in [3.63, 3.8) is 0 Å². The summed E-state index contributed by atoms with van der Waals surface area (Å²) in [6.07, 6.45) is 1.84. The number of benzene rings is 1. The Hall–Kier alpha value is -2.40. The smallest absolute Gasteiger partial charge is 0.219 e. The van der Waals surface area contributed by atoms with E-state index in [1.807, 2.05) is 49.5 Å². The van der Waals surface area contributed by atoms with Crippen LogP contribution in [0.5, 0.6) is 0 Å². The first kappa shape index (κ1) is 11.4. The van der Waals surface area contributed by atoms with Gasteiger partial charge in [0.2, 0.25) is 4.77 Å². The molecule has 5 heteroatoms. The van der Waals surface area contributed by atoms with Gasteiger partial charge in [-0.05, 0) is 43.4 Å². The van der Waals surface area contributed by atoms with Crippen molar-refractivity contribution >= 4 is 28.7 Å². The number of H-pyrrole nitrogens is 1. The fraction of sp³-hybridized carbons (Fsp3) is 0.0667. The zero-order valence-electron chi connectivity index (χ0n) is 10.8. The van der Waals surface area contributed by atoms with Gasteiger partial charge in [0.15, 0.2) is 0 Å². The highest BCUT2D eigenvalue weighted by atomic mass is 32.1. The number of hydrogen-bond donors (Lipinski definition) is 1. The van der Waals surface area contributed by atoms with Gasteiger partial charge in [0, 0.05) is 17.1 Å². The summed E-state index contributed by atoms with van der Waals surface area (Å²) >= 11 is 5.31. The molecule has 4 nitrogen and oxygen atoms in total. The second-order valence-corrected chi connectivity index (χ2v) is 5.09. The number of aromatic nitrogens is 3. The molecule has 98 valence electrons. The van der Waals surface area contributed by atoms with Crippen molar-refractivity contribution in [1.29, 1.82) is 0 Å². The summed E-state index contributed by atoms with van der Waals surface area (Å²) in [7, 11) is 0. The number of aromatic amines is 1. The van der Waals surface area contributed by atoms with Gasteiger partial charge in [0.1, 0.15) is 11.3 Å². The molecule has 0 unspecified atom stereocenters. The van der Waals surface area contributed by atoms with Crippen LogP contribution < -0.4 is 0 Å². The van der Waals surface area contributed by atoms with E-state index in [1.54, 1.807) is 4.52 Å². The molecule has 0 saturated carbocycles. The van der Waals surface area contributed by atoms with Crippen molar-refractivity contribution in [2.45, 2.75) is 6.92 Å². The molecule has 20 heavy (non-hydrogen) atoms. The van der Waals surface area contributed by atoms with Gasteiger partial charge < -0.3 is 4.42 Å². The molecular weight excluding hydrogens is 270 g/mol. The lowest BCUT2D eigenvalue weighted by molar-refractivity contribution is 0.579. The Morgan fingerprint density at radius 3 is 3.05 bits per heavy atom. The van der Waals surface area contributed by atoms with Crippen molar-refractivity contribution in [2.75, 3.05) is 0 Å². The second-order valence-electron chi connectivity index (χ2n) is 4.73. The zero-order valence-corrected chi connectivity index (χ0v) is 11.6. The molecule has 4 rings (SSSR count). The number of hydrogen-bond acceptors (Lipinski definition) is 3. The number of nitrogens with zero attached hydrogens (tertiary/aromatic N) is 2. The van der Waals surface area contributed by atoms with E-state index in [-0.39, 0.29) is 0 Å². The van der Waals surface area contributed by atoms with E-state index in [0.717, 1.165) is 33.5 Å². The molecule has 3 heterocycles. The maximum Gasteiger partial charge on any atom is 0.219 e. The molecule has 0 atom stereocenters. The molecule has 0 amide bonds. The van der Waals surface area contributed by atoms with Gasteiger partial charge in [-0.2, -0.15) is 0 Å². The average molecular weight is 281 g/mol. The SMILES string of the molecule is Cc1cc2cccc(-c3cc4cc[nH]n4c(=S)n3)c2o1. The summed E-state index contributed by atoms with van der Waals surface area (Å²) in [5.41, 5.74) is 3.63. The fourth-order valence-electron chi connectivity index (χ4n) is 2.48. The van der Waals surface area contributed by atoms with Crippen molar-refractivity contribution in [3.8, 4) is 11.3 Å². The van der Waals surface area contributed by atoms with Crippen LogP contribution in [-0.2, 0) is 0 Å². The second kappa shape index (κ2) is 4.05. The third-order valence-corrected chi connectivity index (χ3v) is 3.63. The van der Waals surface area contributed by atoms with E-state index < -0.39 is 0 Å². The first-order valence-corrected chi connectivity index (χ1v) is 6.70. The van der Waals surface area contributed by atoms with Crippen LogP contribution >= 0.6 is 12.2 Å². The van der Waals surface area contributed by atoms with E-state index in [4.69, 9.17) is 16.6 Å². The van der Waals surface area contributed by atoms with Gasteiger partial charge in [-0.1, -0.05) is 12.1 Å². The number of para-hydroxylation sites is 1. The van der Waals surface area contributed by atoms with Crippen LogP contribution in [0.25, 0.3) is 27.7 Å². The summed E-state index contributed by atoms with van der Waals surface area (Å²) < 4.78 is 8.07. The monoisotopic (exact) mass is 281 g/mol. The zero-order chi connectivity index (χ0) is 13.7. The summed E-state index contributed by atoms with van der Waals surface area (Å²) in [6.45, 7) is 1.95. The largest absolute Gasteiger partial charge is 0.461 e. The van der Waals surface area contributed by atoms with Gasteiger partial charge in [0.05, 0.1) is 11.2 Å². The molecule has 0 aliphatic carbocycles. The Kier molecular flexibility index (Phi) is 2.31. The number of furan rings is 1. The molecule has 4 aromatic rings. The van der Waals surface area contributed by atoms with Crippen LogP contribution in [0.1, 0.15) is 5.76 Å². The molecule has 0 fully saturated rings. The number of fused-ring (bicyclic) bond motifs is 2. The average Bonchev–Trinajstić information content (AvgIpc) is 3.02. The highest BCUT2D eigenvalue weighted by Gasteiger charge is 2.10. The van der Waals surface area contributed by atoms with Crippen molar-refractivity contribution in [1.82, 2.24) is 14.6 Å². The summed E-state index contributed by atoms with van der Waals surface area (Å²) in [5.74, 6) is 0.892. The maximum absolute atomic E-state index is 5.80. The lowest BCUT2D eigenvalue weighted by Gasteiger charge is -2.03. The normalized spacial score (nSPS) is 11.4. The highest BCUT2D eigenvalue weighted by Crippen LogP contribution is 2.30. The summed E-state index contributed by atoms with van der Waals surface area (Å²) in [5, 5.41) is 4.11. The first-order chi connectivity index (χ1) is 9.72. The van der Waals surface area contributed by atoms with Gasteiger partial charge in [-0.25, -0.2) is 9.50 Å². The van der Waals surface area contributed by atoms with Crippen LogP contribution in [0.4, 0.5) is 0 Å². The minimum Gasteiger partial charge on any atom is -0.461 e. The van der Waals surface area contributed by atoms with Crippen molar-refractivity contribution < 1.29 is 4.42 Å². The third-order valence-electron chi connectivity index (χ3n) is 3.35. The number of rotatable bonds is 1. The summed E-state index contributed by atoms with van der Waals surface area (Å²) in [4.78, 5) is 4.49.